The monoisotopic (exact) mass is 299 g/mol. The van der Waals surface area contributed by atoms with Gasteiger partial charge in [0.15, 0.2) is 0 Å². The Bertz CT molecular complexity index is 522. The van der Waals surface area contributed by atoms with Gasteiger partial charge in [-0.25, -0.2) is 8.42 Å². The second-order valence-corrected chi connectivity index (χ2v) is 7.33. The number of nitrogens with zero attached hydrogens (tertiary/aromatic N) is 1. The summed E-state index contributed by atoms with van der Waals surface area (Å²) in [6, 6.07) is 5.87. The predicted molar refractivity (Wildman–Crippen MR) is 81.2 cm³/mol. The van der Waals surface area contributed by atoms with Crippen LogP contribution in [0.25, 0.3) is 0 Å². The second-order valence-electron chi connectivity index (χ2n) is 5.44. The van der Waals surface area contributed by atoms with Gasteiger partial charge in [-0.05, 0) is 37.0 Å². The maximum absolute atomic E-state index is 12.8. The highest BCUT2D eigenvalue weighted by Crippen LogP contribution is 2.24. The molecular formula is C15H25NO3S. The Balaban J connectivity index is 3.23. The quantitative estimate of drug-likeness (QED) is 0.841. The third-order valence-corrected chi connectivity index (χ3v) is 5.23. The van der Waals surface area contributed by atoms with Crippen molar-refractivity contribution >= 4 is 10.0 Å². The Morgan fingerprint density at radius 1 is 1.20 bits per heavy atom. The maximum Gasteiger partial charge on any atom is 0.243 e. The summed E-state index contributed by atoms with van der Waals surface area (Å²) in [6.45, 7) is 8.50. The number of sulfonamides is 1. The third-order valence-electron chi connectivity index (χ3n) is 3.32. The van der Waals surface area contributed by atoms with Crippen molar-refractivity contribution in [2.45, 2.75) is 51.5 Å². The van der Waals surface area contributed by atoms with Crippen molar-refractivity contribution in [1.29, 1.82) is 0 Å². The summed E-state index contributed by atoms with van der Waals surface area (Å²) in [7, 11) is -3.57. The summed E-state index contributed by atoms with van der Waals surface area (Å²) >= 11 is 0. The van der Waals surface area contributed by atoms with Crippen molar-refractivity contribution < 1.29 is 13.5 Å². The average molecular weight is 299 g/mol. The van der Waals surface area contributed by atoms with Crippen LogP contribution >= 0.6 is 0 Å². The summed E-state index contributed by atoms with van der Waals surface area (Å²) < 4.78 is 27.2. The molecule has 20 heavy (non-hydrogen) atoms. The van der Waals surface area contributed by atoms with E-state index in [1.54, 1.807) is 10.4 Å². The van der Waals surface area contributed by atoms with Crippen molar-refractivity contribution in [2.75, 3.05) is 6.54 Å². The van der Waals surface area contributed by atoms with Crippen LogP contribution in [0.15, 0.2) is 29.2 Å². The molecule has 1 aromatic carbocycles. The summed E-state index contributed by atoms with van der Waals surface area (Å²) in [6.07, 6.45) is 1.56. The van der Waals surface area contributed by atoms with Gasteiger partial charge in [0, 0.05) is 12.6 Å². The zero-order chi connectivity index (χ0) is 15.3. The first kappa shape index (κ1) is 17.0. The molecule has 0 saturated heterocycles. The molecule has 0 amide bonds. The molecule has 0 aliphatic carbocycles. The van der Waals surface area contributed by atoms with Crippen molar-refractivity contribution in [2.24, 2.45) is 5.92 Å². The minimum atomic E-state index is -3.57. The molecule has 0 bridgehead atoms. The van der Waals surface area contributed by atoms with E-state index in [1.807, 2.05) is 27.7 Å². The number of phenols is 1. The molecule has 1 rings (SSSR count). The molecule has 0 aromatic heterocycles. The van der Waals surface area contributed by atoms with Crippen molar-refractivity contribution in [1.82, 2.24) is 4.31 Å². The normalized spacial score (nSPS) is 12.6. The largest absolute Gasteiger partial charge is 0.508 e. The van der Waals surface area contributed by atoms with Gasteiger partial charge in [0.2, 0.25) is 10.0 Å². The number of phenolic OH excluding ortho intramolecular Hbond substituents is 1. The fourth-order valence-electron chi connectivity index (χ4n) is 2.28. The van der Waals surface area contributed by atoms with Gasteiger partial charge in [-0.1, -0.05) is 33.8 Å². The number of benzene rings is 1. The first-order chi connectivity index (χ1) is 9.32. The molecule has 0 saturated carbocycles. The lowest BCUT2D eigenvalue weighted by molar-refractivity contribution is 0.277. The summed E-state index contributed by atoms with van der Waals surface area (Å²) in [5, 5.41) is 9.51. The summed E-state index contributed by atoms with van der Waals surface area (Å²) in [5.41, 5.74) is 0. The minimum absolute atomic E-state index is 0.00949. The molecule has 4 nitrogen and oxygen atoms in total. The summed E-state index contributed by atoms with van der Waals surface area (Å²) in [5.74, 6) is 0.225. The number of aromatic hydroxyl groups is 1. The van der Waals surface area contributed by atoms with E-state index in [9.17, 15) is 13.5 Å². The van der Waals surface area contributed by atoms with Gasteiger partial charge < -0.3 is 5.11 Å². The van der Waals surface area contributed by atoms with E-state index in [1.165, 1.54) is 18.2 Å². The van der Waals surface area contributed by atoms with Crippen LogP contribution in [0.1, 0.15) is 40.5 Å². The van der Waals surface area contributed by atoms with Gasteiger partial charge in [0.1, 0.15) is 5.75 Å². The molecule has 0 aliphatic heterocycles. The van der Waals surface area contributed by atoms with E-state index >= 15 is 0 Å². The van der Waals surface area contributed by atoms with Crippen molar-refractivity contribution in [3.05, 3.63) is 24.3 Å². The van der Waals surface area contributed by atoms with Gasteiger partial charge in [-0.3, -0.25) is 0 Å². The van der Waals surface area contributed by atoms with E-state index in [4.69, 9.17) is 0 Å². The smallest absolute Gasteiger partial charge is 0.243 e. The Morgan fingerprint density at radius 3 is 2.25 bits per heavy atom. The predicted octanol–water partition coefficient (Wildman–Crippen LogP) is 3.23. The first-order valence-corrected chi connectivity index (χ1v) is 8.57. The maximum atomic E-state index is 12.8. The number of hydrogen-bond acceptors (Lipinski definition) is 3. The van der Waals surface area contributed by atoms with Crippen LogP contribution in [0.4, 0.5) is 0 Å². The highest BCUT2D eigenvalue weighted by molar-refractivity contribution is 7.89. The average Bonchev–Trinajstić information content (AvgIpc) is 2.38. The van der Waals surface area contributed by atoms with E-state index < -0.39 is 10.0 Å². The molecule has 1 aromatic rings. The molecule has 5 heteroatoms. The Hall–Kier alpha value is -1.07. The zero-order valence-electron chi connectivity index (χ0n) is 12.7. The highest BCUT2D eigenvalue weighted by atomic mass is 32.2. The van der Waals surface area contributed by atoms with Gasteiger partial charge in [0.05, 0.1) is 4.90 Å². The van der Waals surface area contributed by atoms with Crippen LogP contribution in [0.3, 0.4) is 0 Å². The lowest BCUT2D eigenvalue weighted by atomic mass is 10.1. The van der Waals surface area contributed by atoms with Gasteiger partial charge in [-0.15, -0.1) is 0 Å². The van der Waals surface area contributed by atoms with E-state index in [-0.39, 0.29) is 22.6 Å². The van der Waals surface area contributed by atoms with Gasteiger partial charge in [0.25, 0.3) is 0 Å². The van der Waals surface area contributed by atoms with Crippen LogP contribution in [-0.2, 0) is 10.0 Å². The van der Waals surface area contributed by atoms with E-state index in [0.717, 1.165) is 12.8 Å². The van der Waals surface area contributed by atoms with E-state index in [0.29, 0.717) is 6.54 Å². The molecule has 0 aliphatic rings. The topological polar surface area (TPSA) is 57.6 Å². The lowest BCUT2D eigenvalue weighted by Crippen LogP contribution is -2.41. The van der Waals surface area contributed by atoms with Crippen LogP contribution < -0.4 is 0 Å². The number of hydrogen-bond donors (Lipinski definition) is 1. The Kier molecular flexibility index (Phi) is 6.02. The fourth-order valence-corrected chi connectivity index (χ4v) is 4.25. The highest BCUT2D eigenvalue weighted by Gasteiger charge is 2.30. The van der Waals surface area contributed by atoms with E-state index in [2.05, 4.69) is 0 Å². The third kappa shape index (κ3) is 3.96. The zero-order valence-corrected chi connectivity index (χ0v) is 13.5. The van der Waals surface area contributed by atoms with Crippen LogP contribution in [0.2, 0.25) is 0 Å². The van der Waals surface area contributed by atoms with Crippen LogP contribution in [-0.4, -0.2) is 30.4 Å². The molecular weight excluding hydrogens is 274 g/mol. The molecule has 0 atom stereocenters. The Labute approximate surface area is 122 Å². The summed E-state index contributed by atoms with van der Waals surface area (Å²) in [4.78, 5) is 0.157. The first-order valence-electron chi connectivity index (χ1n) is 7.13. The SMILES string of the molecule is CCC(CC)N(CC(C)C)S(=O)(=O)c1cccc(O)c1. The molecule has 0 heterocycles. The minimum Gasteiger partial charge on any atom is -0.508 e. The molecule has 0 fully saturated rings. The van der Waals surface area contributed by atoms with Crippen LogP contribution in [0, 0.1) is 5.92 Å². The van der Waals surface area contributed by atoms with Crippen LogP contribution in [0.5, 0.6) is 5.75 Å². The standard InChI is InChI=1S/C15H25NO3S/c1-5-13(6-2)16(11-12(3)4)20(18,19)15-9-7-8-14(17)10-15/h7-10,12-13,17H,5-6,11H2,1-4H3. The fraction of sp³-hybridized carbons (Fsp3) is 0.600. The van der Waals surface area contributed by atoms with Crippen molar-refractivity contribution in [3.8, 4) is 5.75 Å². The molecule has 1 N–H and O–H groups in total. The lowest BCUT2D eigenvalue weighted by Gasteiger charge is -2.31. The van der Waals surface area contributed by atoms with Gasteiger partial charge in [-0.2, -0.15) is 4.31 Å². The van der Waals surface area contributed by atoms with Crippen molar-refractivity contribution in [3.63, 3.8) is 0 Å². The molecule has 0 spiro atoms. The molecule has 0 radical (unpaired) electrons. The van der Waals surface area contributed by atoms with Gasteiger partial charge >= 0.3 is 0 Å². The number of rotatable bonds is 7. The molecule has 114 valence electrons. The second kappa shape index (κ2) is 7.09. The Morgan fingerprint density at radius 2 is 1.80 bits per heavy atom. The molecule has 0 unspecified atom stereocenters.